The number of furan rings is 1. The van der Waals surface area contributed by atoms with Crippen LogP contribution in [0.3, 0.4) is 0 Å². The van der Waals surface area contributed by atoms with Crippen LogP contribution < -0.4 is 14.8 Å². The fourth-order valence-electron chi connectivity index (χ4n) is 11.1. The van der Waals surface area contributed by atoms with E-state index < -0.39 is 72.2 Å². The van der Waals surface area contributed by atoms with Gasteiger partial charge in [-0.3, -0.25) is 4.79 Å². The number of benzene rings is 1. The van der Waals surface area contributed by atoms with Gasteiger partial charge in [0.2, 0.25) is 12.0 Å². The first-order valence-corrected chi connectivity index (χ1v) is 22.7. The Hall–Kier alpha value is -2.05. The molecule has 1 aromatic heterocycles. The van der Waals surface area contributed by atoms with Crippen molar-refractivity contribution in [3.8, 4) is 11.5 Å². The number of ether oxygens (including phenoxy) is 4. The van der Waals surface area contributed by atoms with Crippen molar-refractivity contribution in [2.24, 2.45) is 35.5 Å². The number of rotatable bonds is 6. The number of hydrogen-bond acceptors (Lipinski definition) is 15. The minimum Gasteiger partial charge on any atom is -0.485 e. The molecule has 1 saturated heterocycles. The molecule has 0 amide bonds. The zero-order chi connectivity index (χ0) is 39.4. The highest BCUT2D eigenvalue weighted by Gasteiger charge is 2.76. The van der Waals surface area contributed by atoms with Crippen LogP contribution in [0.4, 0.5) is 0 Å². The summed E-state index contributed by atoms with van der Waals surface area (Å²) in [6.07, 6.45) is 5.66. The fourth-order valence-corrected chi connectivity index (χ4v) is 14.6. The van der Waals surface area contributed by atoms with Crippen molar-refractivity contribution in [3.05, 3.63) is 36.1 Å². The topological polar surface area (TPSA) is 201 Å². The number of allylic oxidation sites excluding steroid dienone is 1. The lowest BCUT2D eigenvalue weighted by Gasteiger charge is -2.66. The molecule has 1 aromatic carbocycles. The summed E-state index contributed by atoms with van der Waals surface area (Å²) in [4.78, 5) is 12.7. The van der Waals surface area contributed by atoms with Crippen LogP contribution >= 0.6 is 21.6 Å². The van der Waals surface area contributed by atoms with E-state index in [4.69, 9.17) is 23.4 Å². The van der Waals surface area contributed by atoms with Crippen molar-refractivity contribution in [2.75, 3.05) is 38.7 Å². The van der Waals surface area contributed by atoms with Crippen LogP contribution in [-0.4, -0.2) is 122 Å². The smallest absolute Gasteiger partial charge is 0.306 e. The van der Waals surface area contributed by atoms with Gasteiger partial charge in [-0.1, -0.05) is 59.9 Å². The maximum absolute atomic E-state index is 13.0. The SMILES string of the molecule is CCOC(=O)CCc1cc2ccoc2c2c1O[C@@H]1O[C@@](CO)(CSS[C@H]3C[C@@H]4CCC[C@H](C)[C@H]4C[C@@H]3NCCO2)[C@]2(O)C[C@@H]3C=C[C@H](O)[C@@H](CO)[C@H]3[C@@]1(O)[C@H]2O. The lowest BCUT2D eigenvalue weighted by molar-refractivity contribution is -0.416. The molecule has 4 bridgehead atoms. The maximum Gasteiger partial charge on any atom is 0.306 e. The van der Waals surface area contributed by atoms with Crippen LogP contribution in [0, 0.1) is 35.5 Å². The predicted molar refractivity (Wildman–Crippen MR) is 210 cm³/mol. The molecule has 13 nitrogen and oxygen atoms in total. The third kappa shape index (κ3) is 6.79. The predicted octanol–water partition coefficient (Wildman–Crippen LogP) is 3.34. The van der Waals surface area contributed by atoms with Gasteiger partial charge in [-0.25, -0.2) is 0 Å². The molecule has 4 aliphatic carbocycles. The third-order valence-electron chi connectivity index (χ3n) is 14.0. The second-order valence-corrected chi connectivity index (χ2v) is 19.6. The molecule has 2 aromatic rings. The Labute approximate surface area is 335 Å². The summed E-state index contributed by atoms with van der Waals surface area (Å²) in [5, 5.41) is 76.0. The van der Waals surface area contributed by atoms with Gasteiger partial charge in [0.25, 0.3) is 0 Å². The molecule has 7 N–H and O–H groups in total. The molecular formula is C41H57NO12S2. The van der Waals surface area contributed by atoms with Gasteiger partial charge in [0.05, 0.1) is 25.6 Å². The molecule has 310 valence electrons. The first kappa shape index (κ1) is 40.7. The number of hydrogen-bond donors (Lipinski definition) is 7. The lowest BCUT2D eigenvalue weighted by atomic mass is 9.51. The van der Waals surface area contributed by atoms with Crippen molar-refractivity contribution in [1.29, 1.82) is 0 Å². The number of aliphatic hydroxyl groups excluding tert-OH is 4. The van der Waals surface area contributed by atoms with E-state index in [0.717, 1.165) is 12.8 Å². The van der Waals surface area contributed by atoms with Crippen LogP contribution in [0.2, 0.25) is 0 Å². The van der Waals surface area contributed by atoms with Crippen LogP contribution in [0.1, 0.15) is 64.4 Å². The molecular weight excluding hydrogens is 763 g/mol. The largest absolute Gasteiger partial charge is 0.485 e. The average Bonchev–Trinajstić information content (AvgIpc) is 3.65. The number of carbonyl (C=O) groups is 1. The molecule has 0 unspecified atom stereocenters. The first-order valence-electron chi connectivity index (χ1n) is 20.4. The van der Waals surface area contributed by atoms with Crippen molar-refractivity contribution < 1.29 is 58.8 Å². The highest BCUT2D eigenvalue weighted by Crippen LogP contribution is 2.60. The van der Waals surface area contributed by atoms with Gasteiger partial charge >= 0.3 is 5.97 Å². The Kier molecular flexibility index (Phi) is 11.8. The normalized spacial score (nSPS) is 42.4. The number of esters is 1. The van der Waals surface area contributed by atoms with Crippen LogP contribution in [-0.2, 0) is 20.7 Å². The number of nitrogens with one attached hydrogen (secondary N) is 1. The van der Waals surface area contributed by atoms with E-state index in [0.29, 0.717) is 40.8 Å². The minimum absolute atomic E-state index is 0.000906. The summed E-state index contributed by atoms with van der Waals surface area (Å²) in [7, 11) is 3.18. The number of aryl methyl sites for hydroxylation is 1. The summed E-state index contributed by atoms with van der Waals surface area (Å²) in [5.41, 5.74) is -5.54. The van der Waals surface area contributed by atoms with E-state index in [-0.39, 0.29) is 61.0 Å². The van der Waals surface area contributed by atoms with Gasteiger partial charge in [-0.05, 0) is 74.0 Å². The lowest BCUT2D eigenvalue weighted by Crippen LogP contribution is -2.85. The van der Waals surface area contributed by atoms with Gasteiger partial charge in [0.15, 0.2) is 16.9 Å². The molecule has 15 heteroatoms. The molecule has 3 saturated carbocycles. The average molecular weight is 820 g/mol. The Bertz CT molecular complexity index is 1760. The summed E-state index contributed by atoms with van der Waals surface area (Å²) in [6, 6.07) is 3.76. The number of fused-ring (bicyclic) bond motifs is 13. The van der Waals surface area contributed by atoms with Crippen molar-refractivity contribution >= 4 is 38.5 Å². The number of carbonyl (C=O) groups excluding carboxylic acids is 1. The van der Waals surface area contributed by atoms with Gasteiger partial charge < -0.3 is 59.3 Å². The highest BCUT2D eigenvalue weighted by molar-refractivity contribution is 8.77. The standard InChI is InChI=1S/C41H57NO12S2/c1-3-50-32(46)10-8-24-15-25-11-13-51-34(25)36-35(24)53-38-41(49)33-26(7-9-30(45)28(33)19-43)18-40(48,37(41)47)39(20-44,54-38)21-55-56-31-16-23-6-4-5-22(2)27(23)17-29(31)42-12-14-52-36/h7,9,11,13,15,22-23,26-31,33,37-38,42-45,47-49H,3-6,8,10,12,14,16-21H2,1-2H3/t22-,23-,26-,27+,28+,29-,30-,31-,33-,37-,38+,39-,40-,41+/m0/s1. The van der Waals surface area contributed by atoms with Gasteiger partial charge in [0.1, 0.15) is 23.9 Å². The molecule has 8 rings (SSSR count). The third-order valence-corrected chi connectivity index (χ3v) is 17.0. The van der Waals surface area contributed by atoms with Crippen LogP contribution in [0.25, 0.3) is 11.0 Å². The Morgan fingerprint density at radius 3 is 2.75 bits per heavy atom. The van der Waals surface area contributed by atoms with E-state index in [1.807, 2.05) is 0 Å². The Morgan fingerprint density at radius 1 is 1.12 bits per heavy atom. The molecule has 2 aliphatic heterocycles. The van der Waals surface area contributed by atoms with E-state index in [9.17, 15) is 35.4 Å². The van der Waals surface area contributed by atoms with Crippen LogP contribution in [0.5, 0.6) is 11.5 Å². The minimum atomic E-state index is -2.42. The van der Waals surface area contributed by atoms with Gasteiger partial charge in [-0.15, -0.1) is 0 Å². The van der Waals surface area contributed by atoms with E-state index in [1.165, 1.54) is 36.3 Å². The molecule has 56 heavy (non-hydrogen) atoms. The molecule has 3 heterocycles. The molecule has 4 fully saturated rings. The fraction of sp³-hybridized carbons (Fsp3) is 0.732. The highest BCUT2D eigenvalue weighted by atomic mass is 33.1. The molecule has 6 aliphatic rings. The second kappa shape index (κ2) is 16.2. The number of aliphatic hydroxyl groups is 6. The molecule has 0 spiro atoms. The monoisotopic (exact) mass is 819 g/mol. The van der Waals surface area contributed by atoms with Gasteiger partial charge in [-0.2, -0.15) is 0 Å². The summed E-state index contributed by atoms with van der Waals surface area (Å²) in [5.74, 6) is -0.819. The van der Waals surface area contributed by atoms with E-state index >= 15 is 0 Å². The zero-order valence-electron chi connectivity index (χ0n) is 32.1. The molecule has 0 radical (unpaired) electrons. The van der Waals surface area contributed by atoms with Gasteiger partial charge in [0, 0.05) is 53.8 Å². The van der Waals surface area contributed by atoms with E-state index in [1.54, 1.807) is 42.0 Å². The summed E-state index contributed by atoms with van der Waals surface area (Å²) in [6.45, 7) is 3.82. The van der Waals surface area contributed by atoms with Crippen molar-refractivity contribution in [1.82, 2.24) is 5.32 Å². The van der Waals surface area contributed by atoms with Crippen molar-refractivity contribution in [2.45, 2.75) is 112 Å². The summed E-state index contributed by atoms with van der Waals surface area (Å²) < 4.78 is 31.4. The van der Waals surface area contributed by atoms with E-state index in [2.05, 4.69) is 12.2 Å². The Balaban J connectivity index is 1.26. The first-order chi connectivity index (χ1) is 27.0. The summed E-state index contributed by atoms with van der Waals surface area (Å²) >= 11 is 0. The Morgan fingerprint density at radius 2 is 1.96 bits per heavy atom. The quantitative estimate of drug-likeness (QED) is 0.127. The van der Waals surface area contributed by atoms with Crippen molar-refractivity contribution in [3.63, 3.8) is 0 Å². The molecule has 14 atom stereocenters. The second-order valence-electron chi connectivity index (χ2n) is 17.0. The zero-order valence-corrected chi connectivity index (χ0v) is 33.7. The maximum atomic E-state index is 13.0. The van der Waals surface area contributed by atoms with Crippen LogP contribution in [0.15, 0.2) is 35.0 Å².